The van der Waals surface area contributed by atoms with E-state index in [-0.39, 0.29) is 0 Å². The maximum Gasteiger partial charge on any atom is 0.0451 e. The normalized spacial score (nSPS) is 14.5. The van der Waals surface area contributed by atoms with E-state index in [2.05, 4.69) is 30.4 Å². The fourth-order valence-electron chi connectivity index (χ4n) is 2.51. The van der Waals surface area contributed by atoms with Crippen LogP contribution in [0, 0.1) is 13.8 Å². The molecule has 2 aromatic carbocycles. The number of aryl methyl sites for hydroxylation is 2. The van der Waals surface area contributed by atoms with E-state index < -0.39 is 0 Å². The third-order valence-electron chi connectivity index (χ3n) is 4.02. The van der Waals surface area contributed by atoms with Crippen LogP contribution < -0.4 is 5.32 Å². The van der Waals surface area contributed by atoms with Crippen molar-refractivity contribution in [3.8, 4) is 11.1 Å². The Balaban J connectivity index is 1.94. The van der Waals surface area contributed by atoms with E-state index in [9.17, 15) is 0 Å². The molecule has 1 fully saturated rings. The zero-order chi connectivity index (χ0) is 15.0. The molecular formula is C18H19Cl2N. The van der Waals surface area contributed by atoms with Crippen molar-refractivity contribution in [2.45, 2.75) is 39.3 Å². The first kappa shape index (κ1) is 14.9. The van der Waals surface area contributed by atoms with Crippen molar-refractivity contribution >= 4 is 23.2 Å². The second kappa shape index (κ2) is 6.00. The molecule has 0 aromatic heterocycles. The summed E-state index contributed by atoms with van der Waals surface area (Å²) in [5, 5.41) is 5.17. The molecule has 0 bridgehead atoms. The van der Waals surface area contributed by atoms with Gasteiger partial charge in [-0.05, 0) is 78.8 Å². The quantitative estimate of drug-likeness (QED) is 0.781. The summed E-state index contributed by atoms with van der Waals surface area (Å²) in [6, 6.07) is 11.1. The van der Waals surface area contributed by atoms with Crippen molar-refractivity contribution in [3.63, 3.8) is 0 Å². The van der Waals surface area contributed by atoms with Crippen molar-refractivity contribution in [3.05, 3.63) is 57.1 Å². The minimum Gasteiger partial charge on any atom is -0.310 e. The minimum atomic E-state index is 0.684. The van der Waals surface area contributed by atoms with Crippen LogP contribution in [0.2, 0.25) is 10.0 Å². The lowest BCUT2D eigenvalue weighted by molar-refractivity contribution is 0.688. The molecule has 110 valence electrons. The predicted octanol–water partition coefficient (Wildman–Crippen LogP) is 5.53. The Morgan fingerprint density at radius 2 is 1.76 bits per heavy atom. The fourth-order valence-corrected chi connectivity index (χ4v) is 2.91. The van der Waals surface area contributed by atoms with E-state index in [4.69, 9.17) is 23.2 Å². The van der Waals surface area contributed by atoms with Gasteiger partial charge in [0.2, 0.25) is 0 Å². The van der Waals surface area contributed by atoms with Gasteiger partial charge in [0.25, 0.3) is 0 Å². The van der Waals surface area contributed by atoms with Crippen molar-refractivity contribution < 1.29 is 0 Å². The molecule has 0 atom stereocenters. The first-order valence-electron chi connectivity index (χ1n) is 7.33. The zero-order valence-electron chi connectivity index (χ0n) is 12.3. The summed E-state index contributed by atoms with van der Waals surface area (Å²) in [7, 11) is 0. The van der Waals surface area contributed by atoms with Gasteiger partial charge in [-0.1, -0.05) is 29.3 Å². The van der Waals surface area contributed by atoms with Crippen molar-refractivity contribution in [1.29, 1.82) is 0 Å². The number of nitrogens with one attached hydrogen (secondary N) is 1. The lowest BCUT2D eigenvalue weighted by Gasteiger charge is -2.12. The van der Waals surface area contributed by atoms with Gasteiger partial charge in [0.15, 0.2) is 0 Å². The molecule has 0 aliphatic heterocycles. The molecule has 1 N–H and O–H groups in total. The highest BCUT2D eigenvalue weighted by Crippen LogP contribution is 2.31. The molecule has 1 nitrogen and oxygen atoms in total. The van der Waals surface area contributed by atoms with Gasteiger partial charge in [0, 0.05) is 22.6 Å². The number of hydrogen-bond donors (Lipinski definition) is 1. The summed E-state index contributed by atoms with van der Waals surface area (Å²) in [5.41, 5.74) is 5.87. The lowest BCUT2D eigenvalue weighted by atomic mass is 9.97. The van der Waals surface area contributed by atoms with Crippen LogP contribution in [0.25, 0.3) is 11.1 Å². The Morgan fingerprint density at radius 1 is 1.00 bits per heavy atom. The summed E-state index contributed by atoms with van der Waals surface area (Å²) in [6.07, 6.45) is 2.57. The summed E-state index contributed by atoms with van der Waals surface area (Å²) in [5.74, 6) is 0. The Bertz CT molecular complexity index is 675. The van der Waals surface area contributed by atoms with E-state index >= 15 is 0 Å². The summed E-state index contributed by atoms with van der Waals surface area (Å²) >= 11 is 12.5. The highest BCUT2D eigenvalue weighted by atomic mass is 35.5. The van der Waals surface area contributed by atoms with Crippen molar-refractivity contribution in [1.82, 2.24) is 5.32 Å². The van der Waals surface area contributed by atoms with Crippen LogP contribution in [-0.4, -0.2) is 6.04 Å². The first-order valence-corrected chi connectivity index (χ1v) is 8.09. The van der Waals surface area contributed by atoms with Gasteiger partial charge in [-0.2, -0.15) is 0 Å². The first-order chi connectivity index (χ1) is 10.0. The smallest absolute Gasteiger partial charge is 0.0451 e. The summed E-state index contributed by atoms with van der Waals surface area (Å²) in [4.78, 5) is 0. The molecule has 21 heavy (non-hydrogen) atoms. The van der Waals surface area contributed by atoms with Gasteiger partial charge in [-0.25, -0.2) is 0 Å². The lowest BCUT2D eigenvalue weighted by Crippen LogP contribution is -2.15. The van der Waals surface area contributed by atoms with Gasteiger partial charge >= 0.3 is 0 Å². The maximum absolute atomic E-state index is 6.32. The molecule has 0 radical (unpaired) electrons. The maximum atomic E-state index is 6.32. The molecule has 0 spiro atoms. The molecule has 3 heteroatoms. The van der Waals surface area contributed by atoms with Gasteiger partial charge < -0.3 is 5.32 Å². The van der Waals surface area contributed by atoms with E-state index in [0.29, 0.717) is 6.04 Å². The largest absolute Gasteiger partial charge is 0.310 e. The monoisotopic (exact) mass is 319 g/mol. The fraction of sp³-hybridized carbons (Fsp3) is 0.333. The molecule has 1 aliphatic rings. The van der Waals surface area contributed by atoms with Crippen LogP contribution in [0.3, 0.4) is 0 Å². The van der Waals surface area contributed by atoms with Crippen LogP contribution >= 0.6 is 23.2 Å². The Morgan fingerprint density at radius 3 is 2.48 bits per heavy atom. The molecule has 2 aromatic rings. The number of halogens is 2. The van der Waals surface area contributed by atoms with Crippen LogP contribution in [0.1, 0.15) is 29.5 Å². The van der Waals surface area contributed by atoms with Gasteiger partial charge in [0.1, 0.15) is 0 Å². The van der Waals surface area contributed by atoms with Crippen LogP contribution in [0.4, 0.5) is 0 Å². The highest BCUT2D eigenvalue weighted by molar-refractivity contribution is 6.32. The number of benzene rings is 2. The molecule has 3 rings (SSSR count). The van der Waals surface area contributed by atoms with Crippen LogP contribution in [-0.2, 0) is 6.54 Å². The molecule has 0 amide bonds. The van der Waals surface area contributed by atoms with Crippen molar-refractivity contribution in [2.75, 3.05) is 0 Å². The van der Waals surface area contributed by atoms with Crippen LogP contribution in [0.5, 0.6) is 0 Å². The second-order valence-electron chi connectivity index (χ2n) is 5.88. The highest BCUT2D eigenvalue weighted by Gasteiger charge is 2.20. The third-order valence-corrected chi connectivity index (χ3v) is 4.80. The number of rotatable bonds is 4. The predicted molar refractivity (Wildman–Crippen MR) is 91.2 cm³/mol. The van der Waals surface area contributed by atoms with Gasteiger partial charge in [-0.15, -0.1) is 0 Å². The van der Waals surface area contributed by atoms with E-state index in [0.717, 1.165) is 27.7 Å². The van der Waals surface area contributed by atoms with Gasteiger partial charge in [-0.3, -0.25) is 0 Å². The molecule has 0 saturated heterocycles. The number of hydrogen-bond acceptors (Lipinski definition) is 1. The SMILES string of the molecule is Cc1cc(-c2ccc(Cl)c(CNC3CC3)c2)c(C)cc1Cl. The minimum absolute atomic E-state index is 0.684. The van der Waals surface area contributed by atoms with E-state index in [1.165, 1.54) is 29.5 Å². The molecule has 1 aliphatic carbocycles. The standard InChI is InChI=1S/C18H19Cl2N/c1-11-8-18(20)12(2)7-16(11)13-3-6-17(19)14(9-13)10-21-15-4-5-15/h3,6-9,15,21H,4-5,10H2,1-2H3. The molecule has 0 heterocycles. The van der Waals surface area contributed by atoms with E-state index in [1.54, 1.807) is 0 Å². The van der Waals surface area contributed by atoms with Crippen molar-refractivity contribution in [2.24, 2.45) is 0 Å². The van der Waals surface area contributed by atoms with Gasteiger partial charge in [0.05, 0.1) is 0 Å². The Kier molecular flexibility index (Phi) is 4.26. The summed E-state index contributed by atoms with van der Waals surface area (Å²) in [6.45, 7) is 4.97. The summed E-state index contributed by atoms with van der Waals surface area (Å²) < 4.78 is 0. The molecule has 1 saturated carbocycles. The topological polar surface area (TPSA) is 12.0 Å². The third kappa shape index (κ3) is 3.42. The average molecular weight is 320 g/mol. The van der Waals surface area contributed by atoms with Crippen LogP contribution in [0.15, 0.2) is 30.3 Å². The molecule has 0 unspecified atom stereocenters. The van der Waals surface area contributed by atoms with E-state index in [1.807, 2.05) is 19.1 Å². The molecular weight excluding hydrogens is 301 g/mol. The zero-order valence-corrected chi connectivity index (χ0v) is 13.9. The Hall–Kier alpha value is -1.02. The Labute approximate surface area is 136 Å². The average Bonchev–Trinajstić information content (AvgIpc) is 3.26. The second-order valence-corrected chi connectivity index (χ2v) is 6.69.